The van der Waals surface area contributed by atoms with E-state index in [-0.39, 0.29) is 0 Å². The highest BCUT2D eigenvalue weighted by atomic mass is 35.5. The Labute approximate surface area is 106 Å². The average Bonchev–Trinajstić information content (AvgIpc) is 2.68. The fourth-order valence-electron chi connectivity index (χ4n) is 2.45. The number of hydrogen-bond donors (Lipinski definition) is 1. The first kappa shape index (κ1) is 12.2. The van der Waals surface area contributed by atoms with Crippen LogP contribution in [-0.2, 0) is 11.2 Å². The number of hydrogen-bond acceptors (Lipinski definition) is 1. The summed E-state index contributed by atoms with van der Waals surface area (Å²) in [5.74, 6) is -0.503. The lowest BCUT2D eigenvalue weighted by Crippen LogP contribution is -2.04. The third-order valence-corrected chi connectivity index (χ3v) is 3.64. The van der Waals surface area contributed by atoms with Crippen LogP contribution in [0.3, 0.4) is 0 Å². The van der Waals surface area contributed by atoms with E-state index in [9.17, 15) is 4.79 Å². The number of halogens is 1. The first-order valence-corrected chi connectivity index (χ1v) is 6.21. The van der Waals surface area contributed by atoms with Crippen LogP contribution >= 0.6 is 11.6 Å². The standard InChI is InChI=1S/C14H15ClO2/c15-13-7-2-1-4-12(13)8-10-5-3-6-11(10)9-14(16)17/h1-2,4,7,9-10H,3,5-6,8H2,(H,16,17)/b11-9+. The Morgan fingerprint density at radius 1 is 1.47 bits per heavy atom. The quantitative estimate of drug-likeness (QED) is 0.831. The van der Waals surface area contributed by atoms with Gasteiger partial charge in [0.05, 0.1) is 0 Å². The van der Waals surface area contributed by atoms with Crippen molar-refractivity contribution in [2.75, 3.05) is 0 Å². The number of carbonyl (C=O) groups is 1. The van der Waals surface area contributed by atoms with E-state index in [1.165, 1.54) is 6.08 Å². The smallest absolute Gasteiger partial charge is 0.328 e. The summed E-state index contributed by atoms with van der Waals surface area (Å²) in [5, 5.41) is 9.58. The molecule has 0 bridgehead atoms. The summed E-state index contributed by atoms with van der Waals surface area (Å²) < 4.78 is 0. The highest BCUT2D eigenvalue weighted by Crippen LogP contribution is 2.34. The maximum absolute atomic E-state index is 10.7. The van der Waals surface area contributed by atoms with E-state index in [2.05, 4.69) is 0 Å². The number of carboxylic acid groups (broad SMARTS) is 1. The van der Waals surface area contributed by atoms with Gasteiger partial charge in [-0.2, -0.15) is 0 Å². The molecule has 1 aromatic carbocycles. The van der Waals surface area contributed by atoms with Gasteiger partial charge in [0.15, 0.2) is 0 Å². The van der Waals surface area contributed by atoms with E-state index >= 15 is 0 Å². The minimum atomic E-state index is -0.842. The minimum Gasteiger partial charge on any atom is -0.478 e. The van der Waals surface area contributed by atoms with E-state index < -0.39 is 5.97 Å². The van der Waals surface area contributed by atoms with Crippen LogP contribution in [0.25, 0.3) is 0 Å². The molecule has 1 unspecified atom stereocenters. The fraction of sp³-hybridized carbons (Fsp3) is 0.357. The van der Waals surface area contributed by atoms with E-state index in [0.29, 0.717) is 5.92 Å². The van der Waals surface area contributed by atoms with Crippen LogP contribution in [0.5, 0.6) is 0 Å². The molecule has 1 aliphatic carbocycles. The second-order valence-corrected chi connectivity index (χ2v) is 4.85. The third-order valence-electron chi connectivity index (χ3n) is 3.28. The second-order valence-electron chi connectivity index (χ2n) is 4.44. The molecule has 90 valence electrons. The predicted octanol–water partition coefficient (Wildman–Crippen LogP) is 3.69. The molecular weight excluding hydrogens is 236 g/mol. The van der Waals surface area contributed by atoms with Gasteiger partial charge in [0.1, 0.15) is 0 Å². The van der Waals surface area contributed by atoms with Crippen LogP contribution < -0.4 is 0 Å². The van der Waals surface area contributed by atoms with Crippen molar-refractivity contribution in [1.82, 2.24) is 0 Å². The molecule has 2 nitrogen and oxygen atoms in total. The summed E-state index contributed by atoms with van der Waals surface area (Å²) in [6, 6.07) is 7.77. The van der Waals surface area contributed by atoms with Gasteiger partial charge in [0, 0.05) is 11.1 Å². The molecule has 1 fully saturated rings. The molecule has 1 N–H and O–H groups in total. The number of allylic oxidation sites excluding steroid dienone is 1. The van der Waals surface area contributed by atoms with Crippen LogP contribution in [0.1, 0.15) is 24.8 Å². The van der Waals surface area contributed by atoms with Crippen LogP contribution in [0.15, 0.2) is 35.9 Å². The van der Waals surface area contributed by atoms with E-state index in [0.717, 1.165) is 41.8 Å². The lowest BCUT2D eigenvalue weighted by atomic mass is 9.94. The molecule has 17 heavy (non-hydrogen) atoms. The Bertz CT molecular complexity index is 451. The Balaban J connectivity index is 2.13. The van der Waals surface area contributed by atoms with Crippen LogP contribution in [0.4, 0.5) is 0 Å². The average molecular weight is 251 g/mol. The number of benzene rings is 1. The van der Waals surface area contributed by atoms with Crippen LogP contribution in [-0.4, -0.2) is 11.1 Å². The van der Waals surface area contributed by atoms with Crippen molar-refractivity contribution in [3.63, 3.8) is 0 Å². The highest BCUT2D eigenvalue weighted by Gasteiger charge is 2.22. The first-order valence-electron chi connectivity index (χ1n) is 5.83. The zero-order chi connectivity index (χ0) is 12.3. The zero-order valence-corrected chi connectivity index (χ0v) is 10.3. The lowest BCUT2D eigenvalue weighted by molar-refractivity contribution is -0.131. The molecule has 1 saturated carbocycles. The third kappa shape index (κ3) is 3.10. The number of aliphatic carboxylic acids is 1. The van der Waals surface area contributed by atoms with Gasteiger partial charge in [-0.05, 0) is 43.2 Å². The topological polar surface area (TPSA) is 37.3 Å². The number of rotatable bonds is 3. The second kappa shape index (κ2) is 5.37. The minimum absolute atomic E-state index is 0.339. The van der Waals surface area contributed by atoms with Gasteiger partial charge in [0.25, 0.3) is 0 Å². The summed E-state index contributed by atoms with van der Waals surface area (Å²) in [5.41, 5.74) is 2.16. The van der Waals surface area contributed by atoms with E-state index in [1.54, 1.807) is 0 Å². The Kier molecular flexibility index (Phi) is 3.85. The van der Waals surface area contributed by atoms with Gasteiger partial charge in [-0.25, -0.2) is 4.79 Å². The molecule has 0 heterocycles. The van der Waals surface area contributed by atoms with Crippen molar-refractivity contribution in [3.05, 3.63) is 46.5 Å². The molecule has 0 radical (unpaired) electrons. The molecule has 0 saturated heterocycles. The molecule has 0 aromatic heterocycles. The highest BCUT2D eigenvalue weighted by molar-refractivity contribution is 6.31. The summed E-state index contributed by atoms with van der Waals surface area (Å²) in [6.07, 6.45) is 5.26. The normalized spacial score (nSPS) is 21.9. The monoisotopic (exact) mass is 250 g/mol. The maximum atomic E-state index is 10.7. The summed E-state index contributed by atoms with van der Waals surface area (Å²) in [4.78, 5) is 10.7. The zero-order valence-electron chi connectivity index (χ0n) is 9.53. The van der Waals surface area contributed by atoms with E-state index in [4.69, 9.17) is 16.7 Å². The van der Waals surface area contributed by atoms with Crippen LogP contribution in [0.2, 0.25) is 5.02 Å². The SMILES string of the molecule is O=C(O)/C=C1\CCCC1Cc1ccccc1Cl. The van der Waals surface area contributed by atoms with Crippen LogP contribution in [0, 0.1) is 5.92 Å². The van der Waals surface area contributed by atoms with Crippen molar-refractivity contribution < 1.29 is 9.90 Å². The largest absolute Gasteiger partial charge is 0.478 e. The molecular formula is C14H15ClO2. The van der Waals surface area contributed by atoms with Gasteiger partial charge >= 0.3 is 5.97 Å². The van der Waals surface area contributed by atoms with Crippen molar-refractivity contribution in [3.8, 4) is 0 Å². The van der Waals surface area contributed by atoms with Crippen molar-refractivity contribution >= 4 is 17.6 Å². The molecule has 2 rings (SSSR count). The molecule has 0 amide bonds. The van der Waals surface area contributed by atoms with Crippen molar-refractivity contribution in [1.29, 1.82) is 0 Å². The van der Waals surface area contributed by atoms with Crippen molar-refractivity contribution in [2.45, 2.75) is 25.7 Å². The van der Waals surface area contributed by atoms with Gasteiger partial charge < -0.3 is 5.11 Å². The molecule has 1 aromatic rings. The molecule has 1 atom stereocenters. The first-order chi connectivity index (χ1) is 8.16. The van der Waals surface area contributed by atoms with Gasteiger partial charge in [-0.3, -0.25) is 0 Å². The predicted molar refractivity (Wildman–Crippen MR) is 68.2 cm³/mol. The molecule has 0 aliphatic heterocycles. The summed E-state index contributed by atoms with van der Waals surface area (Å²) in [7, 11) is 0. The molecule has 1 aliphatic rings. The maximum Gasteiger partial charge on any atom is 0.328 e. The van der Waals surface area contributed by atoms with Gasteiger partial charge in [-0.1, -0.05) is 35.4 Å². The Hall–Kier alpha value is -1.28. The Morgan fingerprint density at radius 3 is 2.94 bits per heavy atom. The summed E-state index contributed by atoms with van der Waals surface area (Å²) >= 11 is 6.12. The fourth-order valence-corrected chi connectivity index (χ4v) is 2.67. The molecule has 3 heteroatoms. The van der Waals surface area contributed by atoms with E-state index in [1.807, 2.05) is 24.3 Å². The summed E-state index contributed by atoms with van der Waals surface area (Å²) in [6.45, 7) is 0. The van der Waals surface area contributed by atoms with Gasteiger partial charge in [0.2, 0.25) is 0 Å². The van der Waals surface area contributed by atoms with Crippen molar-refractivity contribution in [2.24, 2.45) is 5.92 Å². The number of carboxylic acids is 1. The molecule has 0 spiro atoms. The Morgan fingerprint density at radius 2 is 2.24 bits per heavy atom. The van der Waals surface area contributed by atoms with Gasteiger partial charge in [-0.15, -0.1) is 0 Å². The lowest BCUT2D eigenvalue weighted by Gasteiger charge is -2.12.